The summed E-state index contributed by atoms with van der Waals surface area (Å²) >= 11 is 0. The highest BCUT2D eigenvalue weighted by atomic mass is 16.7. The molecule has 6 N–H and O–H groups in total. The van der Waals surface area contributed by atoms with Gasteiger partial charge in [0.1, 0.15) is 5.78 Å². The maximum absolute atomic E-state index is 13.7. The van der Waals surface area contributed by atoms with Gasteiger partial charge in [0.25, 0.3) is 5.96 Å². The van der Waals surface area contributed by atoms with Crippen molar-refractivity contribution in [2.75, 3.05) is 6.54 Å². The van der Waals surface area contributed by atoms with Gasteiger partial charge in [-0.15, -0.1) is 0 Å². The van der Waals surface area contributed by atoms with Crippen LogP contribution in [0.1, 0.15) is 70.8 Å². The van der Waals surface area contributed by atoms with E-state index in [4.69, 9.17) is 5.73 Å². The Hall–Kier alpha value is -2.99. The van der Waals surface area contributed by atoms with E-state index >= 15 is 0 Å². The first-order valence-electron chi connectivity index (χ1n) is 12.5. The van der Waals surface area contributed by atoms with E-state index in [1.54, 1.807) is 5.43 Å². The number of guanidine groups is 1. The van der Waals surface area contributed by atoms with Crippen LogP contribution in [0.25, 0.3) is 0 Å². The monoisotopic (exact) mass is 503 g/mol. The van der Waals surface area contributed by atoms with Crippen molar-refractivity contribution in [1.82, 2.24) is 10.7 Å². The first kappa shape index (κ1) is 29.2. The zero-order valence-corrected chi connectivity index (χ0v) is 21.1. The lowest BCUT2D eigenvalue weighted by Crippen LogP contribution is -2.49. The number of rotatable bonds is 14. The molecule has 0 saturated heterocycles. The third kappa shape index (κ3) is 8.60. The van der Waals surface area contributed by atoms with Crippen LogP contribution in [0.15, 0.2) is 35.3 Å². The van der Waals surface area contributed by atoms with E-state index in [0.717, 1.165) is 31.2 Å². The molecule has 1 fully saturated rings. The standard InChI is InChI=1S/C24H38BN5O6/c1-17(2)15-21(25(33)34)28-22(32)18(9-8-14-27-23(26)29-30(35)36)16-20(31)24(12-6-7-13-24)19-10-4-3-5-11-19/h3-5,10-11,17-18,21,33-34H,6-9,12-16H2,1-2H3,(H,28,32)(H3,26,27,29)/t18-,21+/m1/s1. The van der Waals surface area contributed by atoms with E-state index in [9.17, 15) is 29.8 Å². The summed E-state index contributed by atoms with van der Waals surface area (Å²) in [6.45, 7) is 3.95. The van der Waals surface area contributed by atoms with Crippen LogP contribution in [0.2, 0.25) is 0 Å². The highest BCUT2D eigenvalue weighted by molar-refractivity contribution is 6.43. The number of nitrogens with zero attached hydrogens (tertiary/aromatic N) is 2. The molecule has 2 rings (SSSR count). The van der Waals surface area contributed by atoms with Gasteiger partial charge in [-0.05, 0) is 43.6 Å². The highest BCUT2D eigenvalue weighted by Gasteiger charge is 2.43. The summed E-state index contributed by atoms with van der Waals surface area (Å²) in [5.74, 6) is -2.23. The summed E-state index contributed by atoms with van der Waals surface area (Å²) in [5, 5.41) is 31.9. The number of Topliss-reactive ketones (excluding diaryl/α,β-unsaturated/α-hetero) is 1. The Bertz CT molecular complexity index is 906. The summed E-state index contributed by atoms with van der Waals surface area (Å²) in [6.07, 6.45) is 4.33. The van der Waals surface area contributed by atoms with Crippen LogP contribution >= 0.6 is 0 Å². The Kier molecular flexibility index (Phi) is 11.3. The van der Waals surface area contributed by atoms with Crippen molar-refractivity contribution >= 4 is 24.8 Å². The SMILES string of the molecule is CC(C)C[C@H](NC(=O)[C@H](CCCN=C(N)N[N+](=O)[O-])CC(=O)C1(c2ccccc2)CCCC1)B(O)O. The third-order valence-corrected chi connectivity index (χ3v) is 6.73. The molecular weight excluding hydrogens is 465 g/mol. The molecule has 12 heteroatoms. The van der Waals surface area contributed by atoms with Gasteiger partial charge in [0.15, 0.2) is 5.03 Å². The molecule has 36 heavy (non-hydrogen) atoms. The molecule has 0 spiro atoms. The van der Waals surface area contributed by atoms with Gasteiger partial charge in [0, 0.05) is 18.9 Å². The van der Waals surface area contributed by atoms with Crippen LogP contribution < -0.4 is 16.5 Å². The average molecular weight is 503 g/mol. The van der Waals surface area contributed by atoms with Gasteiger partial charge in [-0.2, -0.15) is 0 Å². The highest BCUT2D eigenvalue weighted by Crippen LogP contribution is 2.43. The lowest BCUT2D eigenvalue weighted by atomic mass is 9.72. The first-order valence-corrected chi connectivity index (χ1v) is 12.5. The number of carbonyl (C=O) groups is 2. The molecule has 11 nitrogen and oxygen atoms in total. The van der Waals surface area contributed by atoms with Gasteiger partial charge in [0.2, 0.25) is 5.91 Å². The van der Waals surface area contributed by atoms with Crippen LogP contribution in [-0.4, -0.2) is 52.3 Å². The second-order valence-electron chi connectivity index (χ2n) is 9.92. The van der Waals surface area contributed by atoms with E-state index in [1.165, 1.54) is 0 Å². The second-order valence-corrected chi connectivity index (χ2v) is 9.92. The Morgan fingerprint density at radius 1 is 1.22 bits per heavy atom. The molecule has 0 aliphatic heterocycles. The summed E-state index contributed by atoms with van der Waals surface area (Å²) in [5.41, 5.74) is 7.54. The fraction of sp³-hybridized carbons (Fsp3) is 0.625. The number of nitrogens with one attached hydrogen (secondary N) is 2. The van der Waals surface area contributed by atoms with E-state index < -0.39 is 35.3 Å². The van der Waals surface area contributed by atoms with Gasteiger partial charge in [-0.25, -0.2) is 15.1 Å². The molecule has 1 aromatic rings. The van der Waals surface area contributed by atoms with Crippen LogP contribution in [-0.2, 0) is 15.0 Å². The molecule has 1 amide bonds. The van der Waals surface area contributed by atoms with Crippen molar-refractivity contribution in [3.05, 3.63) is 46.0 Å². The minimum atomic E-state index is -1.73. The van der Waals surface area contributed by atoms with Crippen molar-refractivity contribution in [2.45, 2.75) is 76.6 Å². The summed E-state index contributed by atoms with van der Waals surface area (Å²) in [4.78, 5) is 41.3. The predicted molar refractivity (Wildman–Crippen MR) is 137 cm³/mol. The predicted octanol–water partition coefficient (Wildman–Crippen LogP) is 1.49. The normalized spacial score (nSPS) is 16.9. The quantitative estimate of drug-likeness (QED) is 0.0632. The molecule has 198 valence electrons. The van der Waals surface area contributed by atoms with Crippen molar-refractivity contribution < 1.29 is 24.7 Å². The summed E-state index contributed by atoms with van der Waals surface area (Å²) < 4.78 is 0. The number of hydrazine groups is 1. The van der Waals surface area contributed by atoms with Crippen molar-refractivity contribution in [1.29, 1.82) is 0 Å². The lowest BCUT2D eigenvalue weighted by Gasteiger charge is -2.30. The Morgan fingerprint density at radius 2 is 1.86 bits per heavy atom. The number of benzene rings is 1. The number of aliphatic imine (C=N–C) groups is 1. The number of hydrogen-bond acceptors (Lipinski definition) is 7. The largest absolute Gasteiger partial charge is 0.475 e. The van der Waals surface area contributed by atoms with Gasteiger partial charge < -0.3 is 21.1 Å². The van der Waals surface area contributed by atoms with Crippen LogP contribution in [0.5, 0.6) is 0 Å². The van der Waals surface area contributed by atoms with E-state index in [2.05, 4.69) is 10.3 Å². The number of nitro groups is 1. The second kappa shape index (κ2) is 13.9. The third-order valence-electron chi connectivity index (χ3n) is 6.73. The van der Waals surface area contributed by atoms with E-state index in [1.807, 2.05) is 44.2 Å². The van der Waals surface area contributed by atoms with Gasteiger partial charge in [0.05, 0.1) is 11.4 Å². The van der Waals surface area contributed by atoms with Crippen LogP contribution in [0, 0.1) is 22.0 Å². The molecule has 1 aliphatic rings. The Morgan fingerprint density at radius 3 is 2.42 bits per heavy atom. The van der Waals surface area contributed by atoms with Crippen molar-refractivity contribution in [3.63, 3.8) is 0 Å². The molecule has 0 bridgehead atoms. The molecule has 1 saturated carbocycles. The maximum Gasteiger partial charge on any atom is 0.475 e. The van der Waals surface area contributed by atoms with Crippen LogP contribution in [0.3, 0.4) is 0 Å². The van der Waals surface area contributed by atoms with E-state index in [-0.39, 0.29) is 37.0 Å². The summed E-state index contributed by atoms with van der Waals surface area (Å²) in [7, 11) is -1.73. The smallest absolute Gasteiger partial charge is 0.426 e. The minimum absolute atomic E-state index is 0.00297. The van der Waals surface area contributed by atoms with Gasteiger partial charge in [-0.3, -0.25) is 9.59 Å². The molecule has 0 unspecified atom stereocenters. The fourth-order valence-electron chi connectivity index (χ4n) is 4.94. The zero-order chi connectivity index (χ0) is 26.7. The molecule has 0 aromatic heterocycles. The van der Waals surface area contributed by atoms with Crippen LogP contribution in [0.4, 0.5) is 0 Å². The molecular formula is C24H38BN5O6. The zero-order valence-electron chi connectivity index (χ0n) is 21.1. The Balaban J connectivity index is 2.19. The first-order chi connectivity index (χ1) is 17.0. The number of nitrogens with two attached hydrogens (primary N) is 1. The molecule has 0 radical (unpaired) electrons. The minimum Gasteiger partial charge on any atom is -0.426 e. The number of ketones is 1. The van der Waals surface area contributed by atoms with Crippen molar-refractivity contribution in [2.24, 2.45) is 22.6 Å². The number of hydrogen-bond donors (Lipinski definition) is 5. The molecule has 1 aromatic carbocycles. The average Bonchev–Trinajstić information content (AvgIpc) is 3.31. The Labute approximate surface area is 212 Å². The number of amides is 1. The molecule has 1 aliphatic carbocycles. The molecule has 0 heterocycles. The maximum atomic E-state index is 13.7. The van der Waals surface area contributed by atoms with Crippen molar-refractivity contribution in [3.8, 4) is 0 Å². The fourth-order valence-corrected chi connectivity index (χ4v) is 4.94. The number of carbonyl (C=O) groups excluding carboxylic acids is 2. The summed E-state index contributed by atoms with van der Waals surface area (Å²) in [6, 6.07) is 9.64. The topological polar surface area (TPSA) is 180 Å². The van der Waals surface area contributed by atoms with Gasteiger partial charge in [-0.1, -0.05) is 62.4 Å². The molecule has 2 atom stereocenters. The van der Waals surface area contributed by atoms with E-state index in [0.29, 0.717) is 12.8 Å². The van der Waals surface area contributed by atoms with Gasteiger partial charge >= 0.3 is 7.12 Å². The lowest BCUT2D eigenvalue weighted by molar-refractivity contribution is -0.525.